The molecule has 2 aromatic rings. The zero-order chi connectivity index (χ0) is 17.2. The van der Waals surface area contributed by atoms with Gasteiger partial charge in [0.15, 0.2) is 5.96 Å². The molecule has 6 heteroatoms. The Morgan fingerprint density at radius 1 is 1.16 bits per heavy atom. The first kappa shape index (κ1) is 21.2. The SMILES string of the molecule is CC(C)Oc1ccc(CCNC(N)=NCCc2ccccn2)cc1.I. The van der Waals surface area contributed by atoms with Crippen LogP contribution in [0, 0.1) is 0 Å². The van der Waals surface area contributed by atoms with E-state index in [1.807, 2.05) is 44.2 Å². The van der Waals surface area contributed by atoms with Crippen molar-refractivity contribution in [2.75, 3.05) is 13.1 Å². The zero-order valence-corrected chi connectivity index (χ0v) is 17.1. The van der Waals surface area contributed by atoms with Crippen LogP contribution in [0.5, 0.6) is 5.75 Å². The van der Waals surface area contributed by atoms with E-state index in [1.54, 1.807) is 6.20 Å². The first-order chi connectivity index (χ1) is 11.6. The van der Waals surface area contributed by atoms with Crippen molar-refractivity contribution >= 4 is 29.9 Å². The summed E-state index contributed by atoms with van der Waals surface area (Å²) in [5, 5.41) is 3.14. The molecule has 1 aromatic heterocycles. The number of hydrogen-bond donors (Lipinski definition) is 2. The number of pyridine rings is 1. The fraction of sp³-hybridized carbons (Fsp3) is 0.368. The van der Waals surface area contributed by atoms with Crippen molar-refractivity contribution in [3.8, 4) is 5.75 Å². The van der Waals surface area contributed by atoms with Crippen LogP contribution in [-0.2, 0) is 12.8 Å². The lowest BCUT2D eigenvalue weighted by Gasteiger charge is -2.10. The minimum absolute atomic E-state index is 0. The van der Waals surface area contributed by atoms with Crippen molar-refractivity contribution < 1.29 is 4.74 Å². The molecular weight excluding hydrogens is 427 g/mol. The second-order valence-electron chi connectivity index (χ2n) is 5.83. The third-order valence-corrected chi connectivity index (χ3v) is 3.39. The Kier molecular flexibility index (Phi) is 9.91. The van der Waals surface area contributed by atoms with E-state index in [0.717, 1.165) is 30.8 Å². The van der Waals surface area contributed by atoms with Crippen LogP contribution in [0.4, 0.5) is 0 Å². The molecule has 1 heterocycles. The van der Waals surface area contributed by atoms with Crippen molar-refractivity contribution in [1.82, 2.24) is 10.3 Å². The molecule has 0 radical (unpaired) electrons. The van der Waals surface area contributed by atoms with E-state index in [4.69, 9.17) is 10.5 Å². The fourth-order valence-corrected chi connectivity index (χ4v) is 2.23. The summed E-state index contributed by atoms with van der Waals surface area (Å²) in [7, 11) is 0. The molecule has 25 heavy (non-hydrogen) atoms. The molecule has 0 atom stereocenters. The Labute approximate surface area is 167 Å². The second kappa shape index (κ2) is 11.7. The quantitative estimate of drug-likeness (QED) is 0.365. The lowest BCUT2D eigenvalue weighted by molar-refractivity contribution is 0.242. The van der Waals surface area contributed by atoms with Gasteiger partial charge in [-0.2, -0.15) is 0 Å². The lowest BCUT2D eigenvalue weighted by Crippen LogP contribution is -2.33. The lowest BCUT2D eigenvalue weighted by atomic mass is 10.1. The van der Waals surface area contributed by atoms with Gasteiger partial charge in [-0.1, -0.05) is 18.2 Å². The normalized spacial score (nSPS) is 11.1. The summed E-state index contributed by atoms with van der Waals surface area (Å²) in [6, 6.07) is 14.0. The number of ether oxygens (including phenoxy) is 1. The summed E-state index contributed by atoms with van der Waals surface area (Å²) in [4.78, 5) is 8.58. The highest BCUT2D eigenvalue weighted by Gasteiger charge is 1.99. The highest BCUT2D eigenvalue weighted by molar-refractivity contribution is 14.0. The summed E-state index contributed by atoms with van der Waals surface area (Å²) in [5.74, 6) is 1.38. The average molecular weight is 454 g/mol. The number of nitrogens with one attached hydrogen (secondary N) is 1. The van der Waals surface area contributed by atoms with Crippen LogP contribution in [0.3, 0.4) is 0 Å². The number of hydrogen-bond acceptors (Lipinski definition) is 3. The molecule has 0 unspecified atom stereocenters. The highest BCUT2D eigenvalue weighted by Crippen LogP contribution is 2.13. The van der Waals surface area contributed by atoms with Crippen LogP contribution in [0.2, 0.25) is 0 Å². The highest BCUT2D eigenvalue weighted by atomic mass is 127. The zero-order valence-electron chi connectivity index (χ0n) is 14.8. The molecule has 0 fully saturated rings. The molecule has 0 spiro atoms. The predicted octanol–water partition coefficient (Wildman–Crippen LogP) is 3.18. The maximum atomic E-state index is 5.88. The number of rotatable bonds is 8. The molecular formula is C19H27IN4O. The third kappa shape index (κ3) is 8.72. The molecule has 136 valence electrons. The van der Waals surface area contributed by atoms with Gasteiger partial charge in [-0.15, -0.1) is 24.0 Å². The van der Waals surface area contributed by atoms with E-state index >= 15 is 0 Å². The number of halogens is 1. The largest absolute Gasteiger partial charge is 0.491 e. The standard InChI is InChI=1S/C19H26N4O.HI/c1-15(2)24-18-8-6-16(7-9-18)10-13-22-19(20)23-14-11-17-5-3-4-12-21-17;/h3-9,12,15H,10-11,13-14H2,1-2H3,(H3,20,22,23);1H. The summed E-state index contributed by atoms with van der Waals surface area (Å²) in [6.07, 6.45) is 3.66. The van der Waals surface area contributed by atoms with E-state index in [1.165, 1.54) is 5.56 Å². The molecule has 0 aliphatic carbocycles. The Hall–Kier alpha value is -1.83. The monoisotopic (exact) mass is 454 g/mol. The van der Waals surface area contributed by atoms with E-state index in [2.05, 4.69) is 27.4 Å². The van der Waals surface area contributed by atoms with Gasteiger partial charge < -0.3 is 15.8 Å². The average Bonchev–Trinajstić information content (AvgIpc) is 2.57. The Morgan fingerprint density at radius 2 is 1.92 bits per heavy atom. The van der Waals surface area contributed by atoms with Crippen molar-refractivity contribution in [2.24, 2.45) is 10.7 Å². The van der Waals surface area contributed by atoms with E-state index in [0.29, 0.717) is 12.5 Å². The molecule has 0 aliphatic heterocycles. The van der Waals surface area contributed by atoms with E-state index < -0.39 is 0 Å². The van der Waals surface area contributed by atoms with Crippen molar-refractivity contribution in [3.63, 3.8) is 0 Å². The number of nitrogens with zero attached hydrogens (tertiary/aromatic N) is 2. The van der Waals surface area contributed by atoms with Gasteiger partial charge in [0, 0.05) is 31.4 Å². The maximum Gasteiger partial charge on any atom is 0.188 e. The number of benzene rings is 1. The van der Waals surface area contributed by atoms with Crippen LogP contribution < -0.4 is 15.8 Å². The van der Waals surface area contributed by atoms with Gasteiger partial charge in [-0.05, 0) is 50.1 Å². The smallest absolute Gasteiger partial charge is 0.188 e. The molecule has 0 saturated carbocycles. The molecule has 0 saturated heterocycles. The van der Waals surface area contributed by atoms with Crippen LogP contribution in [0.1, 0.15) is 25.1 Å². The van der Waals surface area contributed by atoms with Crippen LogP contribution in [0.25, 0.3) is 0 Å². The van der Waals surface area contributed by atoms with E-state index in [9.17, 15) is 0 Å². The third-order valence-electron chi connectivity index (χ3n) is 3.39. The summed E-state index contributed by atoms with van der Waals surface area (Å²) in [6.45, 7) is 5.43. The van der Waals surface area contributed by atoms with Gasteiger partial charge in [-0.25, -0.2) is 0 Å². The van der Waals surface area contributed by atoms with Gasteiger partial charge in [0.1, 0.15) is 5.75 Å². The number of nitrogens with two attached hydrogens (primary N) is 1. The Morgan fingerprint density at radius 3 is 2.56 bits per heavy atom. The van der Waals surface area contributed by atoms with Gasteiger partial charge in [-0.3, -0.25) is 9.98 Å². The Balaban J connectivity index is 0.00000312. The van der Waals surface area contributed by atoms with Gasteiger partial charge in [0.25, 0.3) is 0 Å². The van der Waals surface area contributed by atoms with Gasteiger partial charge in [0.2, 0.25) is 0 Å². The van der Waals surface area contributed by atoms with Crippen molar-refractivity contribution in [3.05, 3.63) is 59.9 Å². The van der Waals surface area contributed by atoms with Gasteiger partial charge in [0.05, 0.1) is 6.10 Å². The maximum absolute atomic E-state index is 5.88. The summed E-state index contributed by atoms with van der Waals surface area (Å²) >= 11 is 0. The number of guanidine groups is 1. The predicted molar refractivity (Wildman–Crippen MR) is 114 cm³/mol. The number of aromatic nitrogens is 1. The van der Waals surface area contributed by atoms with Crippen LogP contribution >= 0.6 is 24.0 Å². The Bertz CT molecular complexity index is 630. The molecule has 0 bridgehead atoms. The molecule has 0 aliphatic rings. The van der Waals surface area contributed by atoms with Crippen molar-refractivity contribution in [1.29, 1.82) is 0 Å². The summed E-state index contributed by atoms with van der Waals surface area (Å²) in [5.41, 5.74) is 8.14. The number of aliphatic imine (C=N–C) groups is 1. The second-order valence-corrected chi connectivity index (χ2v) is 5.83. The van der Waals surface area contributed by atoms with Crippen molar-refractivity contribution in [2.45, 2.75) is 32.8 Å². The first-order valence-corrected chi connectivity index (χ1v) is 8.33. The van der Waals surface area contributed by atoms with E-state index in [-0.39, 0.29) is 30.1 Å². The molecule has 3 N–H and O–H groups in total. The minimum atomic E-state index is 0. The topological polar surface area (TPSA) is 72.5 Å². The molecule has 1 aromatic carbocycles. The van der Waals surface area contributed by atoms with Crippen LogP contribution in [-0.4, -0.2) is 30.1 Å². The fourth-order valence-electron chi connectivity index (χ4n) is 2.23. The summed E-state index contributed by atoms with van der Waals surface area (Å²) < 4.78 is 5.63. The first-order valence-electron chi connectivity index (χ1n) is 8.33. The van der Waals surface area contributed by atoms with Gasteiger partial charge >= 0.3 is 0 Å². The molecule has 2 rings (SSSR count). The molecule has 5 nitrogen and oxygen atoms in total. The minimum Gasteiger partial charge on any atom is -0.491 e. The molecule has 0 amide bonds. The van der Waals surface area contributed by atoms with Crippen LogP contribution in [0.15, 0.2) is 53.7 Å².